The first-order valence-corrected chi connectivity index (χ1v) is 11.8. The first kappa shape index (κ1) is 21.0. The van der Waals surface area contributed by atoms with Crippen molar-refractivity contribution in [2.24, 2.45) is 5.92 Å². The quantitative estimate of drug-likeness (QED) is 0.635. The van der Waals surface area contributed by atoms with Gasteiger partial charge in [-0.1, -0.05) is 77.7 Å². The fraction of sp³-hybridized carbons (Fsp3) is 0.520. The zero-order valence-electron chi connectivity index (χ0n) is 17.1. The Morgan fingerprint density at radius 1 is 0.966 bits per heavy atom. The Balaban J connectivity index is 1.76. The molecule has 0 unspecified atom stereocenters. The lowest BCUT2D eigenvalue weighted by Gasteiger charge is -2.46. The van der Waals surface area contributed by atoms with E-state index in [1.54, 1.807) is 0 Å². The molecule has 1 aliphatic heterocycles. The van der Waals surface area contributed by atoms with Gasteiger partial charge in [0.2, 0.25) is 0 Å². The Kier molecular flexibility index (Phi) is 7.07. The van der Waals surface area contributed by atoms with Crippen LogP contribution in [0.5, 0.6) is 0 Å². The second-order valence-corrected chi connectivity index (χ2v) is 9.46. The molecule has 0 aromatic heterocycles. The number of morpholine rings is 1. The summed E-state index contributed by atoms with van der Waals surface area (Å²) >= 11 is 3.57. The Morgan fingerprint density at radius 2 is 1.62 bits per heavy atom. The largest absolute Gasteiger partial charge is 0.384 e. The normalized spacial score (nSPS) is 22.1. The van der Waals surface area contributed by atoms with Crippen LogP contribution in [-0.4, -0.2) is 42.9 Å². The van der Waals surface area contributed by atoms with Crippen LogP contribution in [0.3, 0.4) is 0 Å². The first-order chi connectivity index (χ1) is 14.2. The van der Waals surface area contributed by atoms with Crippen LogP contribution in [0.15, 0.2) is 59.1 Å². The minimum atomic E-state index is -0.874. The van der Waals surface area contributed by atoms with Crippen molar-refractivity contribution in [2.45, 2.75) is 43.6 Å². The molecule has 0 radical (unpaired) electrons. The van der Waals surface area contributed by atoms with Crippen LogP contribution in [0.1, 0.15) is 49.1 Å². The maximum absolute atomic E-state index is 12.6. The first-order valence-electron chi connectivity index (χ1n) is 11.0. The van der Waals surface area contributed by atoms with Gasteiger partial charge in [-0.15, -0.1) is 0 Å². The van der Waals surface area contributed by atoms with Gasteiger partial charge in [-0.25, -0.2) is 0 Å². The minimum Gasteiger partial charge on any atom is -0.384 e. The smallest absolute Gasteiger partial charge is 0.100 e. The molecule has 1 N–H and O–H groups in total. The zero-order valence-corrected chi connectivity index (χ0v) is 18.7. The predicted molar refractivity (Wildman–Crippen MR) is 121 cm³/mol. The summed E-state index contributed by atoms with van der Waals surface area (Å²) in [6.07, 6.45) is 5.90. The van der Waals surface area contributed by atoms with E-state index in [1.165, 1.54) is 24.8 Å². The van der Waals surface area contributed by atoms with Crippen LogP contribution < -0.4 is 0 Å². The summed E-state index contributed by atoms with van der Waals surface area (Å²) in [5, 5.41) is 12.6. The highest BCUT2D eigenvalue weighted by atomic mass is 79.9. The second kappa shape index (κ2) is 9.74. The van der Waals surface area contributed by atoms with Gasteiger partial charge in [-0.3, -0.25) is 4.90 Å². The van der Waals surface area contributed by atoms with E-state index in [2.05, 4.69) is 75.4 Å². The third kappa shape index (κ3) is 4.77. The maximum Gasteiger partial charge on any atom is 0.100 e. The van der Waals surface area contributed by atoms with E-state index in [9.17, 15) is 5.11 Å². The van der Waals surface area contributed by atoms with Crippen molar-refractivity contribution in [1.29, 1.82) is 0 Å². The molecular weight excluding hydrogens is 426 g/mol. The Morgan fingerprint density at radius 3 is 2.28 bits per heavy atom. The fourth-order valence-electron chi connectivity index (χ4n) is 5.21. The van der Waals surface area contributed by atoms with E-state index < -0.39 is 5.60 Å². The molecule has 2 fully saturated rings. The molecule has 0 spiro atoms. The molecule has 4 rings (SSSR count). The van der Waals surface area contributed by atoms with Gasteiger partial charge < -0.3 is 9.84 Å². The van der Waals surface area contributed by atoms with Gasteiger partial charge in [0.05, 0.1) is 13.2 Å². The highest BCUT2D eigenvalue weighted by Gasteiger charge is 2.46. The van der Waals surface area contributed by atoms with Gasteiger partial charge in [0.1, 0.15) is 5.60 Å². The minimum absolute atomic E-state index is 0.0334. The Labute approximate surface area is 183 Å². The number of rotatable bonds is 6. The highest BCUT2D eigenvalue weighted by molar-refractivity contribution is 9.10. The maximum atomic E-state index is 12.6. The molecule has 2 aromatic rings. The predicted octanol–water partition coefficient (Wildman–Crippen LogP) is 5.33. The highest BCUT2D eigenvalue weighted by Crippen LogP contribution is 2.48. The SMILES string of the molecule is O[C@](c1ccc(Br)cc1)(C1CCCCC1)[C@@H](CN1CCOCC1)c1ccccc1. The van der Waals surface area contributed by atoms with Gasteiger partial charge in [0.25, 0.3) is 0 Å². The summed E-state index contributed by atoms with van der Waals surface area (Å²) in [4.78, 5) is 2.47. The molecule has 3 nitrogen and oxygen atoms in total. The molecule has 4 heteroatoms. The lowest BCUT2D eigenvalue weighted by Crippen LogP contribution is -2.48. The number of benzene rings is 2. The second-order valence-electron chi connectivity index (χ2n) is 8.54. The average Bonchev–Trinajstić information content (AvgIpc) is 2.79. The van der Waals surface area contributed by atoms with E-state index in [0.717, 1.165) is 55.7 Å². The zero-order chi connectivity index (χ0) is 20.1. The van der Waals surface area contributed by atoms with E-state index in [4.69, 9.17) is 4.74 Å². The number of nitrogens with zero attached hydrogens (tertiary/aromatic N) is 1. The molecule has 156 valence electrons. The van der Waals surface area contributed by atoms with Crippen molar-refractivity contribution in [1.82, 2.24) is 4.90 Å². The van der Waals surface area contributed by atoms with Crippen molar-refractivity contribution in [3.8, 4) is 0 Å². The Bertz CT molecular complexity index is 754. The van der Waals surface area contributed by atoms with Crippen LogP contribution in [0, 0.1) is 5.92 Å². The monoisotopic (exact) mass is 457 g/mol. The standard InChI is InChI=1S/C25H32BrNO2/c26-23-13-11-22(12-14-23)25(28,21-9-5-2-6-10-21)24(20-7-3-1-4-8-20)19-27-15-17-29-18-16-27/h1,3-4,7-8,11-14,21,24,28H,2,5-6,9-10,15-19H2/t24-,25-/m0/s1. The van der Waals surface area contributed by atoms with Crippen LogP contribution >= 0.6 is 15.9 Å². The van der Waals surface area contributed by atoms with Gasteiger partial charge >= 0.3 is 0 Å². The molecule has 1 aliphatic carbocycles. The van der Waals surface area contributed by atoms with Gasteiger partial charge in [0.15, 0.2) is 0 Å². The van der Waals surface area contributed by atoms with E-state index in [0.29, 0.717) is 0 Å². The fourth-order valence-corrected chi connectivity index (χ4v) is 5.47. The molecule has 29 heavy (non-hydrogen) atoms. The topological polar surface area (TPSA) is 32.7 Å². The molecule has 1 heterocycles. The molecule has 1 saturated heterocycles. The number of aliphatic hydroxyl groups is 1. The number of hydrogen-bond donors (Lipinski definition) is 1. The van der Waals surface area contributed by atoms with Crippen LogP contribution in [-0.2, 0) is 10.3 Å². The van der Waals surface area contributed by atoms with Crippen LogP contribution in [0.2, 0.25) is 0 Å². The lowest BCUT2D eigenvalue weighted by atomic mass is 9.65. The molecule has 2 aromatic carbocycles. The van der Waals surface area contributed by atoms with Crippen molar-refractivity contribution in [3.63, 3.8) is 0 Å². The molecule has 2 aliphatic rings. The van der Waals surface area contributed by atoms with E-state index in [1.807, 2.05) is 0 Å². The summed E-state index contributed by atoms with van der Waals surface area (Å²) in [5.41, 5.74) is 1.41. The molecule has 2 atom stereocenters. The molecular formula is C25H32BrNO2. The van der Waals surface area contributed by atoms with Gasteiger partial charge in [-0.05, 0) is 42.0 Å². The summed E-state index contributed by atoms with van der Waals surface area (Å²) in [6, 6.07) is 19.0. The van der Waals surface area contributed by atoms with Crippen molar-refractivity contribution < 1.29 is 9.84 Å². The van der Waals surface area contributed by atoms with Crippen LogP contribution in [0.4, 0.5) is 0 Å². The van der Waals surface area contributed by atoms with Crippen molar-refractivity contribution in [2.75, 3.05) is 32.8 Å². The summed E-state index contributed by atoms with van der Waals surface area (Å²) < 4.78 is 6.63. The Hall–Kier alpha value is -1.20. The summed E-state index contributed by atoms with van der Waals surface area (Å²) in [7, 11) is 0. The third-order valence-electron chi connectivity index (χ3n) is 6.81. The van der Waals surface area contributed by atoms with E-state index in [-0.39, 0.29) is 11.8 Å². The summed E-state index contributed by atoms with van der Waals surface area (Å²) in [5.74, 6) is 0.315. The molecule has 0 bridgehead atoms. The van der Waals surface area contributed by atoms with E-state index >= 15 is 0 Å². The van der Waals surface area contributed by atoms with Gasteiger partial charge in [-0.2, -0.15) is 0 Å². The van der Waals surface area contributed by atoms with Gasteiger partial charge in [0, 0.05) is 30.0 Å². The number of ether oxygens (including phenoxy) is 1. The summed E-state index contributed by atoms with van der Waals surface area (Å²) in [6.45, 7) is 4.29. The number of hydrogen-bond acceptors (Lipinski definition) is 3. The third-order valence-corrected chi connectivity index (χ3v) is 7.34. The van der Waals surface area contributed by atoms with Crippen LogP contribution in [0.25, 0.3) is 0 Å². The molecule has 1 saturated carbocycles. The lowest BCUT2D eigenvalue weighted by molar-refractivity contribution is -0.0758. The average molecular weight is 458 g/mol. The van der Waals surface area contributed by atoms with Crippen molar-refractivity contribution in [3.05, 3.63) is 70.2 Å². The van der Waals surface area contributed by atoms with Crippen molar-refractivity contribution >= 4 is 15.9 Å². The number of halogens is 1. The molecule has 0 amide bonds.